The first-order chi connectivity index (χ1) is 9.90. The summed E-state index contributed by atoms with van der Waals surface area (Å²) in [5.41, 5.74) is 0.568. The van der Waals surface area contributed by atoms with Gasteiger partial charge in [0.2, 0.25) is 5.91 Å². The molecular formula is C13H14N2O5S. The Balaban J connectivity index is 2.03. The molecular weight excluding hydrogens is 296 g/mol. The summed E-state index contributed by atoms with van der Waals surface area (Å²) in [5, 5.41) is 11.8. The fourth-order valence-corrected chi connectivity index (χ4v) is 4.73. The number of carbonyl (C=O) groups excluding carboxylic acids is 1. The van der Waals surface area contributed by atoms with Gasteiger partial charge in [-0.1, -0.05) is 18.2 Å². The third kappa shape index (κ3) is 2.30. The van der Waals surface area contributed by atoms with E-state index in [1.165, 1.54) is 11.0 Å². The zero-order valence-corrected chi connectivity index (χ0v) is 11.8. The number of aliphatic carboxylic acids is 1. The lowest BCUT2D eigenvalue weighted by Crippen LogP contribution is -2.58. The van der Waals surface area contributed by atoms with Gasteiger partial charge in [-0.25, -0.2) is 8.42 Å². The van der Waals surface area contributed by atoms with E-state index >= 15 is 0 Å². The number of nitrogens with zero attached hydrogens (tertiary/aromatic N) is 1. The summed E-state index contributed by atoms with van der Waals surface area (Å²) in [7, 11) is -3.44. The number of amides is 1. The van der Waals surface area contributed by atoms with Crippen LogP contribution in [0.2, 0.25) is 0 Å². The molecule has 1 amide bonds. The summed E-state index contributed by atoms with van der Waals surface area (Å²) in [5.74, 6) is -1.56. The second-order valence-electron chi connectivity index (χ2n) is 5.17. The molecule has 112 valence electrons. The number of sulfone groups is 1. The molecule has 2 aliphatic rings. The van der Waals surface area contributed by atoms with Crippen molar-refractivity contribution in [2.24, 2.45) is 0 Å². The highest BCUT2D eigenvalue weighted by atomic mass is 32.2. The van der Waals surface area contributed by atoms with Gasteiger partial charge in [0.25, 0.3) is 0 Å². The van der Waals surface area contributed by atoms with Gasteiger partial charge < -0.3 is 10.4 Å². The van der Waals surface area contributed by atoms with E-state index in [2.05, 4.69) is 5.32 Å². The minimum Gasteiger partial charge on any atom is -0.480 e. The SMILES string of the molecule is O=C1CN(C2CS(=O)(=O)c3ccccc32)C(C(=O)O)CN1. The molecule has 0 saturated carbocycles. The number of rotatable bonds is 2. The molecule has 7 nitrogen and oxygen atoms in total. The first-order valence-electron chi connectivity index (χ1n) is 6.47. The van der Waals surface area contributed by atoms with Gasteiger partial charge in [-0.2, -0.15) is 0 Å². The molecule has 21 heavy (non-hydrogen) atoms. The highest BCUT2D eigenvalue weighted by molar-refractivity contribution is 7.91. The molecule has 3 rings (SSSR count). The Labute approximate surface area is 121 Å². The van der Waals surface area contributed by atoms with E-state index in [-0.39, 0.29) is 29.6 Å². The van der Waals surface area contributed by atoms with Crippen LogP contribution in [0.25, 0.3) is 0 Å². The number of hydrogen-bond acceptors (Lipinski definition) is 5. The molecule has 2 unspecified atom stereocenters. The molecule has 2 atom stereocenters. The van der Waals surface area contributed by atoms with E-state index in [1.807, 2.05) is 0 Å². The topological polar surface area (TPSA) is 104 Å². The lowest BCUT2D eigenvalue weighted by molar-refractivity contribution is -0.147. The van der Waals surface area contributed by atoms with E-state index in [4.69, 9.17) is 0 Å². The average Bonchev–Trinajstić information content (AvgIpc) is 2.71. The van der Waals surface area contributed by atoms with Crippen LogP contribution in [0.15, 0.2) is 29.2 Å². The standard InChI is InChI=1S/C13H14N2O5S/c16-12-6-15(9(5-14-12)13(17)18)10-7-21(19,20)11-4-2-1-3-8(10)11/h1-4,9-10H,5-7H2,(H,14,16)(H,17,18). The third-order valence-electron chi connectivity index (χ3n) is 3.89. The Kier molecular flexibility index (Phi) is 3.22. The molecule has 0 aliphatic carbocycles. The Morgan fingerprint density at radius 1 is 1.33 bits per heavy atom. The predicted octanol–water partition coefficient (Wildman–Crippen LogP) is -0.600. The highest BCUT2D eigenvalue weighted by Gasteiger charge is 2.44. The fourth-order valence-electron chi connectivity index (χ4n) is 2.92. The van der Waals surface area contributed by atoms with Crippen molar-refractivity contribution in [1.29, 1.82) is 0 Å². The summed E-state index contributed by atoms with van der Waals surface area (Å²) in [4.78, 5) is 24.6. The Hall–Kier alpha value is -1.93. The number of benzene rings is 1. The molecule has 1 aromatic carbocycles. The van der Waals surface area contributed by atoms with Crippen molar-refractivity contribution >= 4 is 21.7 Å². The largest absolute Gasteiger partial charge is 0.480 e. The van der Waals surface area contributed by atoms with Gasteiger partial charge in [-0.05, 0) is 11.6 Å². The lowest BCUT2D eigenvalue weighted by Gasteiger charge is -2.36. The summed E-state index contributed by atoms with van der Waals surface area (Å²) in [6.07, 6.45) is 0. The van der Waals surface area contributed by atoms with Crippen LogP contribution in [0.4, 0.5) is 0 Å². The van der Waals surface area contributed by atoms with Crippen molar-refractivity contribution in [3.63, 3.8) is 0 Å². The molecule has 2 N–H and O–H groups in total. The third-order valence-corrected chi connectivity index (χ3v) is 5.69. The molecule has 0 radical (unpaired) electrons. The molecule has 1 saturated heterocycles. The first kappa shape index (κ1) is 14.0. The van der Waals surface area contributed by atoms with Gasteiger partial charge in [0, 0.05) is 6.54 Å². The molecule has 0 bridgehead atoms. The summed E-state index contributed by atoms with van der Waals surface area (Å²) >= 11 is 0. The van der Waals surface area contributed by atoms with Crippen LogP contribution >= 0.6 is 0 Å². The van der Waals surface area contributed by atoms with Gasteiger partial charge in [0.05, 0.1) is 23.2 Å². The molecule has 1 fully saturated rings. The Bertz CT molecular complexity index is 715. The molecule has 0 aromatic heterocycles. The number of piperazine rings is 1. The van der Waals surface area contributed by atoms with Crippen molar-refractivity contribution in [2.75, 3.05) is 18.8 Å². The maximum atomic E-state index is 12.2. The van der Waals surface area contributed by atoms with E-state index in [0.29, 0.717) is 5.56 Å². The van der Waals surface area contributed by atoms with Gasteiger partial charge in [0.1, 0.15) is 6.04 Å². The Morgan fingerprint density at radius 3 is 2.76 bits per heavy atom. The monoisotopic (exact) mass is 310 g/mol. The quantitative estimate of drug-likeness (QED) is 0.756. The minimum absolute atomic E-state index is 0.0210. The van der Waals surface area contributed by atoms with Crippen molar-refractivity contribution < 1.29 is 23.1 Å². The average molecular weight is 310 g/mol. The lowest BCUT2D eigenvalue weighted by atomic mass is 10.0. The maximum absolute atomic E-state index is 12.2. The van der Waals surface area contributed by atoms with Crippen LogP contribution < -0.4 is 5.32 Å². The Morgan fingerprint density at radius 2 is 2.05 bits per heavy atom. The number of nitrogens with one attached hydrogen (secondary N) is 1. The number of hydrogen-bond donors (Lipinski definition) is 2. The van der Waals surface area contributed by atoms with Gasteiger partial charge >= 0.3 is 5.97 Å². The van der Waals surface area contributed by atoms with Crippen LogP contribution in [-0.2, 0) is 19.4 Å². The van der Waals surface area contributed by atoms with Gasteiger partial charge in [-0.3, -0.25) is 14.5 Å². The van der Waals surface area contributed by atoms with E-state index in [0.717, 1.165) is 0 Å². The van der Waals surface area contributed by atoms with Crippen molar-refractivity contribution in [1.82, 2.24) is 10.2 Å². The minimum atomic E-state index is -3.44. The zero-order chi connectivity index (χ0) is 15.2. The molecule has 1 aromatic rings. The second-order valence-corrected chi connectivity index (χ2v) is 7.17. The van der Waals surface area contributed by atoms with E-state index < -0.39 is 27.9 Å². The number of carboxylic acid groups (broad SMARTS) is 1. The summed E-state index contributed by atoms with van der Waals surface area (Å²) in [6.45, 7) is -0.141. The zero-order valence-electron chi connectivity index (χ0n) is 11.0. The van der Waals surface area contributed by atoms with Crippen molar-refractivity contribution in [3.05, 3.63) is 29.8 Å². The summed E-state index contributed by atoms with van der Waals surface area (Å²) in [6, 6.07) is 5.02. The van der Waals surface area contributed by atoms with Crippen LogP contribution in [0.1, 0.15) is 11.6 Å². The number of fused-ring (bicyclic) bond motifs is 1. The first-order valence-corrected chi connectivity index (χ1v) is 8.12. The van der Waals surface area contributed by atoms with Crippen LogP contribution in [-0.4, -0.2) is 55.2 Å². The van der Waals surface area contributed by atoms with Gasteiger partial charge in [-0.15, -0.1) is 0 Å². The van der Waals surface area contributed by atoms with E-state index in [1.54, 1.807) is 18.2 Å². The fraction of sp³-hybridized carbons (Fsp3) is 0.385. The predicted molar refractivity (Wildman–Crippen MR) is 72.4 cm³/mol. The van der Waals surface area contributed by atoms with Gasteiger partial charge in [0.15, 0.2) is 9.84 Å². The maximum Gasteiger partial charge on any atom is 0.322 e. The van der Waals surface area contributed by atoms with Crippen molar-refractivity contribution in [3.8, 4) is 0 Å². The summed E-state index contributed by atoms with van der Waals surface area (Å²) < 4.78 is 24.4. The molecule has 8 heteroatoms. The smallest absolute Gasteiger partial charge is 0.322 e. The van der Waals surface area contributed by atoms with Crippen LogP contribution in [0.5, 0.6) is 0 Å². The number of carboxylic acids is 1. The van der Waals surface area contributed by atoms with Crippen LogP contribution in [0, 0.1) is 0 Å². The number of carbonyl (C=O) groups is 2. The van der Waals surface area contributed by atoms with Crippen molar-refractivity contribution in [2.45, 2.75) is 17.0 Å². The normalized spacial score (nSPS) is 27.9. The molecule has 2 heterocycles. The molecule has 0 spiro atoms. The second kappa shape index (κ2) is 4.81. The highest BCUT2D eigenvalue weighted by Crippen LogP contribution is 2.38. The van der Waals surface area contributed by atoms with Crippen LogP contribution in [0.3, 0.4) is 0 Å². The van der Waals surface area contributed by atoms with E-state index in [9.17, 15) is 23.1 Å². The molecule has 2 aliphatic heterocycles.